The van der Waals surface area contributed by atoms with Crippen LogP contribution in [0.5, 0.6) is 0 Å². The maximum absolute atomic E-state index is 11.9. The number of nitrogens with one attached hydrogen (secondary N) is 2. The largest absolute Gasteiger partial charge is 0.326 e. The van der Waals surface area contributed by atoms with E-state index in [2.05, 4.69) is 15.6 Å². The molecule has 1 aromatic carbocycles. The molecule has 0 unspecified atom stereocenters. The number of amides is 2. The summed E-state index contributed by atoms with van der Waals surface area (Å²) in [6.45, 7) is 1.37. The van der Waals surface area contributed by atoms with Crippen molar-refractivity contribution in [2.45, 2.75) is 18.2 Å². The minimum absolute atomic E-state index is 0.0325. The molecule has 0 aliphatic rings. The van der Waals surface area contributed by atoms with Crippen molar-refractivity contribution >= 4 is 44.0 Å². The Labute approximate surface area is 136 Å². The zero-order chi connectivity index (χ0) is 17.0. The van der Waals surface area contributed by atoms with E-state index in [0.29, 0.717) is 16.5 Å². The molecule has 0 bridgehead atoms. The third-order valence-corrected chi connectivity index (χ3v) is 4.38. The van der Waals surface area contributed by atoms with Gasteiger partial charge in [0.05, 0.1) is 17.0 Å². The fourth-order valence-electron chi connectivity index (χ4n) is 1.69. The van der Waals surface area contributed by atoms with Gasteiger partial charge in [0.2, 0.25) is 21.8 Å². The number of primary sulfonamides is 1. The summed E-state index contributed by atoms with van der Waals surface area (Å²) >= 11 is 1.23. The topological polar surface area (TPSA) is 131 Å². The van der Waals surface area contributed by atoms with Crippen LogP contribution >= 0.6 is 11.3 Å². The van der Waals surface area contributed by atoms with Crippen molar-refractivity contribution in [2.75, 3.05) is 10.6 Å². The molecule has 1 heterocycles. The highest BCUT2D eigenvalue weighted by Crippen LogP contribution is 2.17. The maximum Gasteiger partial charge on any atom is 0.238 e. The van der Waals surface area contributed by atoms with E-state index in [1.54, 1.807) is 5.38 Å². The van der Waals surface area contributed by atoms with Gasteiger partial charge in [0.1, 0.15) is 0 Å². The maximum atomic E-state index is 11.9. The Morgan fingerprint density at radius 2 is 1.87 bits per heavy atom. The lowest BCUT2D eigenvalue weighted by molar-refractivity contribution is -0.116. The first kappa shape index (κ1) is 17.1. The quantitative estimate of drug-likeness (QED) is 0.735. The minimum Gasteiger partial charge on any atom is -0.326 e. The Morgan fingerprint density at radius 3 is 2.43 bits per heavy atom. The van der Waals surface area contributed by atoms with Crippen molar-refractivity contribution in [1.29, 1.82) is 0 Å². The standard InChI is InChI=1S/C13H14N4O4S2/c1-8(18)15-13-17-10(7-22-13)6-12(19)16-9-2-4-11(5-3-9)23(14,20)21/h2-5,7H,6H2,1H3,(H,16,19)(H2,14,20,21)(H,15,17,18). The summed E-state index contributed by atoms with van der Waals surface area (Å²) in [6, 6.07) is 5.51. The van der Waals surface area contributed by atoms with Crippen LogP contribution < -0.4 is 15.8 Å². The van der Waals surface area contributed by atoms with Crippen molar-refractivity contribution < 1.29 is 18.0 Å². The summed E-state index contributed by atoms with van der Waals surface area (Å²) in [7, 11) is -3.76. The third-order valence-electron chi connectivity index (χ3n) is 2.64. The monoisotopic (exact) mass is 354 g/mol. The molecule has 0 atom stereocenters. The number of hydrogen-bond donors (Lipinski definition) is 3. The second kappa shape index (κ2) is 6.86. The fraction of sp³-hybridized carbons (Fsp3) is 0.154. The van der Waals surface area contributed by atoms with Crippen LogP contribution in [0.4, 0.5) is 10.8 Å². The molecule has 0 fully saturated rings. The van der Waals surface area contributed by atoms with E-state index >= 15 is 0 Å². The van der Waals surface area contributed by atoms with Gasteiger partial charge in [0.15, 0.2) is 5.13 Å². The number of carbonyl (C=O) groups is 2. The van der Waals surface area contributed by atoms with Crippen LogP contribution in [0.15, 0.2) is 34.5 Å². The van der Waals surface area contributed by atoms with Crippen molar-refractivity contribution in [3.05, 3.63) is 35.3 Å². The Balaban J connectivity index is 1.97. The number of aromatic nitrogens is 1. The number of benzene rings is 1. The van der Waals surface area contributed by atoms with Crippen molar-refractivity contribution in [2.24, 2.45) is 5.14 Å². The number of anilines is 2. The summed E-state index contributed by atoms with van der Waals surface area (Å²) < 4.78 is 22.3. The lowest BCUT2D eigenvalue weighted by Gasteiger charge is -2.05. The van der Waals surface area contributed by atoms with Gasteiger partial charge in [0, 0.05) is 18.0 Å². The molecular weight excluding hydrogens is 340 g/mol. The Morgan fingerprint density at radius 1 is 1.22 bits per heavy atom. The summed E-state index contributed by atoms with van der Waals surface area (Å²) in [6.07, 6.45) is 0.0347. The lowest BCUT2D eigenvalue weighted by Crippen LogP contribution is -2.15. The number of thiazole rings is 1. The second-order valence-electron chi connectivity index (χ2n) is 4.62. The molecule has 0 aliphatic heterocycles. The molecule has 23 heavy (non-hydrogen) atoms. The van der Waals surface area contributed by atoms with Crippen molar-refractivity contribution in [3.63, 3.8) is 0 Å². The van der Waals surface area contributed by atoms with Crippen LogP contribution in [0.3, 0.4) is 0 Å². The van der Waals surface area contributed by atoms with Crippen LogP contribution in [-0.4, -0.2) is 25.2 Å². The van der Waals surface area contributed by atoms with Gasteiger partial charge < -0.3 is 10.6 Å². The van der Waals surface area contributed by atoms with Crippen LogP contribution in [-0.2, 0) is 26.0 Å². The van der Waals surface area contributed by atoms with Crippen LogP contribution in [0, 0.1) is 0 Å². The Hall–Kier alpha value is -2.30. The normalized spacial score (nSPS) is 11.0. The number of rotatable bonds is 5. The van der Waals surface area contributed by atoms with E-state index in [1.165, 1.54) is 42.5 Å². The third kappa shape index (κ3) is 5.13. The highest BCUT2D eigenvalue weighted by Gasteiger charge is 2.10. The first-order valence-corrected chi connectivity index (χ1v) is 8.81. The summed E-state index contributed by atoms with van der Waals surface area (Å²) in [5, 5.41) is 12.3. The molecule has 2 aromatic rings. The minimum atomic E-state index is -3.76. The summed E-state index contributed by atoms with van der Waals surface area (Å²) in [5.74, 6) is -0.543. The number of nitrogens with two attached hydrogens (primary N) is 1. The molecule has 122 valence electrons. The number of carbonyl (C=O) groups excluding carboxylic acids is 2. The average molecular weight is 354 g/mol. The number of sulfonamides is 1. The van der Waals surface area contributed by atoms with E-state index < -0.39 is 10.0 Å². The smallest absolute Gasteiger partial charge is 0.238 e. The molecule has 0 saturated heterocycles. The average Bonchev–Trinajstić information content (AvgIpc) is 2.84. The highest BCUT2D eigenvalue weighted by molar-refractivity contribution is 7.89. The van der Waals surface area contributed by atoms with Gasteiger partial charge >= 0.3 is 0 Å². The number of nitrogens with zero attached hydrogens (tertiary/aromatic N) is 1. The molecule has 0 aliphatic carbocycles. The zero-order valence-corrected chi connectivity index (χ0v) is 13.7. The molecule has 10 heteroatoms. The second-order valence-corrected chi connectivity index (χ2v) is 7.04. The van der Waals surface area contributed by atoms with Gasteiger partial charge in [-0.2, -0.15) is 0 Å². The van der Waals surface area contributed by atoms with E-state index in [0.717, 1.165) is 0 Å². The predicted molar refractivity (Wildman–Crippen MR) is 86.6 cm³/mol. The Bertz CT molecular complexity index is 828. The van der Waals surface area contributed by atoms with Crippen LogP contribution in [0.1, 0.15) is 12.6 Å². The van der Waals surface area contributed by atoms with Crippen LogP contribution in [0.25, 0.3) is 0 Å². The fourth-order valence-corrected chi connectivity index (χ4v) is 2.97. The predicted octanol–water partition coefficient (Wildman–Crippen LogP) is 0.930. The van der Waals surface area contributed by atoms with Crippen molar-refractivity contribution in [1.82, 2.24) is 4.98 Å². The molecule has 0 saturated carbocycles. The zero-order valence-electron chi connectivity index (χ0n) is 12.1. The van der Waals surface area contributed by atoms with Gasteiger partial charge in [-0.3, -0.25) is 9.59 Å². The van der Waals surface area contributed by atoms with Gasteiger partial charge in [-0.15, -0.1) is 11.3 Å². The van der Waals surface area contributed by atoms with E-state index in [1.807, 2.05) is 0 Å². The molecule has 0 spiro atoms. The molecule has 0 radical (unpaired) electrons. The molecule has 8 nitrogen and oxygen atoms in total. The van der Waals surface area contributed by atoms with Crippen molar-refractivity contribution in [3.8, 4) is 0 Å². The van der Waals surface area contributed by atoms with E-state index in [9.17, 15) is 18.0 Å². The first-order valence-electron chi connectivity index (χ1n) is 6.39. The highest BCUT2D eigenvalue weighted by atomic mass is 32.2. The van der Waals surface area contributed by atoms with Gasteiger partial charge in [-0.1, -0.05) is 0 Å². The van der Waals surface area contributed by atoms with E-state index in [-0.39, 0.29) is 23.1 Å². The Kier molecular flexibility index (Phi) is 5.08. The molecular formula is C13H14N4O4S2. The van der Waals surface area contributed by atoms with Crippen LogP contribution in [0.2, 0.25) is 0 Å². The lowest BCUT2D eigenvalue weighted by atomic mass is 10.3. The first-order chi connectivity index (χ1) is 10.7. The van der Waals surface area contributed by atoms with Gasteiger partial charge in [0.25, 0.3) is 0 Å². The summed E-state index contributed by atoms with van der Waals surface area (Å²) in [4.78, 5) is 26.9. The molecule has 1 aromatic heterocycles. The SMILES string of the molecule is CC(=O)Nc1nc(CC(=O)Nc2ccc(S(N)(=O)=O)cc2)cs1. The summed E-state index contributed by atoms with van der Waals surface area (Å²) in [5.41, 5.74) is 0.970. The molecule has 2 rings (SSSR count). The molecule has 2 amide bonds. The van der Waals surface area contributed by atoms with E-state index in [4.69, 9.17) is 5.14 Å². The van der Waals surface area contributed by atoms with Gasteiger partial charge in [-0.05, 0) is 24.3 Å². The van der Waals surface area contributed by atoms with Gasteiger partial charge in [-0.25, -0.2) is 18.5 Å². The molecule has 4 N–H and O–H groups in total. The number of hydrogen-bond acceptors (Lipinski definition) is 6.